The molecule has 0 aliphatic carbocycles. The third-order valence-corrected chi connectivity index (χ3v) is 4.54. The van der Waals surface area contributed by atoms with Crippen molar-refractivity contribution in [1.82, 2.24) is 15.0 Å². The van der Waals surface area contributed by atoms with Gasteiger partial charge in [0.25, 0.3) is 11.8 Å². The Morgan fingerprint density at radius 2 is 1.93 bits per heavy atom. The Bertz CT molecular complexity index is 937. The van der Waals surface area contributed by atoms with Crippen LogP contribution in [0.5, 0.6) is 11.5 Å². The van der Waals surface area contributed by atoms with E-state index in [-0.39, 0.29) is 12.5 Å². The summed E-state index contributed by atoms with van der Waals surface area (Å²) in [7, 11) is 3.32. The summed E-state index contributed by atoms with van der Waals surface area (Å²) in [5, 5.41) is 3.96. The topological polar surface area (TPSA) is 77.7 Å². The van der Waals surface area contributed by atoms with E-state index in [1.807, 2.05) is 24.3 Å². The highest BCUT2D eigenvalue weighted by atomic mass is 16.5. The summed E-state index contributed by atoms with van der Waals surface area (Å²) in [6, 6.07) is 15.0. The van der Waals surface area contributed by atoms with Crippen molar-refractivity contribution < 1.29 is 18.8 Å². The van der Waals surface area contributed by atoms with E-state index in [2.05, 4.69) is 17.1 Å². The van der Waals surface area contributed by atoms with Gasteiger partial charge in [0.2, 0.25) is 0 Å². The molecule has 0 unspecified atom stereocenters. The molecule has 0 bridgehead atoms. The number of ether oxygens (including phenoxy) is 2. The van der Waals surface area contributed by atoms with Crippen molar-refractivity contribution in [2.24, 2.45) is 0 Å². The van der Waals surface area contributed by atoms with Crippen molar-refractivity contribution in [1.29, 1.82) is 0 Å². The molecule has 0 radical (unpaired) electrons. The first-order valence-corrected chi connectivity index (χ1v) is 9.51. The average Bonchev–Trinajstić information content (AvgIpc) is 3.23. The summed E-state index contributed by atoms with van der Waals surface area (Å²) in [6.07, 6.45) is 1.48. The van der Waals surface area contributed by atoms with Crippen LogP contribution in [0.4, 0.5) is 0 Å². The number of methoxy groups -OCH3 is 1. The molecule has 7 nitrogen and oxygen atoms in total. The van der Waals surface area contributed by atoms with Gasteiger partial charge in [-0.05, 0) is 42.3 Å². The zero-order chi connectivity index (χ0) is 20.6. The molecule has 29 heavy (non-hydrogen) atoms. The minimum absolute atomic E-state index is 0.0912. The third kappa shape index (κ3) is 5.57. The quantitative estimate of drug-likeness (QED) is 0.552. The lowest BCUT2D eigenvalue weighted by Crippen LogP contribution is -2.29. The van der Waals surface area contributed by atoms with Gasteiger partial charge >= 0.3 is 0 Å². The molecule has 1 aromatic heterocycles. The van der Waals surface area contributed by atoms with E-state index in [4.69, 9.17) is 14.0 Å². The molecule has 0 saturated heterocycles. The maximum Gasteiger partial charge on any atom is 0.264 e. The van der Waals surface area contributed by atoms with Crippen LogP contribution >= 0.6 is 0 Å². The SMILES string of the molecule is CCc1ccc(OCc2nc(CCN(C)C(=O)c3cccc(OC)c3)no2)cc1. The summed E-state index contributed by atoms with van der Waals surface area (Å²) in [6.45, 7) is 2.78. The van der Waals surface area contributed by atoms with E-state index >= 15 is 0 Å². The molecule has 0 spiro atoms. The lowest BCUT2D eigenvalue weighted by atomic mass is 10.2. The van der Waals surface area contributed by atoms with E-state index in [1.165, 1.54) is 5.56 Å². The Morgan fingerprint density at radius 1 is 1.14 bits per heavy atom. The summed E-state index contributed by atoms with van der Waals surface area (Å²) in [5.74, 6) is 2.25. The number of carbonyl (C=O) groups excluding carboxylic acids is 1. The van der Waals surface area contributed by atoms with Gasteiger partial charge in [-0.1, -0.05) is 30.3 Å². The summed E-state index contributed by atoms with van der Waals surface area (Å²) in [5.41, 5.74) is 1.83. The van der Waals surface area contributed by atoms with Crippen molar-refractivity contribution in [3.8, 4) is 11.5 Å². The molecule has 0 aliphatic heterocycles. The van der Waals surface area contributed by atoms with Crippen LogP contribution in [-0.4, -0.2) is 41.6 Å². The van der Waals surface area contributed by atoms with Crippen molar-refractivity contribution in [2.45, 2.75) is 26.4 Å². The normalized spacial score (nSPS) is 10.6. The first-order chi connectivity index (χ1) is 14.1. The molecule has 1 amide bonds. The van der Waals surface area contributed by atoms with E-state index < -0.39 is 0 Å². The van der Waals surface area contributed by atoms with Gasteiger partial charge in [0.1, 0.15) is 11.5 Å². The average molecular weight is 395 g/mol. The van der Waals surface area contributed by atoms with Gasteiger partial charge in [-0.25, -0.2) is 0 Å². The Labute approximate surface area is 170 Å². The first kappa shape index (κ1) is 20.4. The van der Waals surface area contributed by atoms with Gasteiger partial charge in [0, 0.05) is 25.6 Å². The Balaban J connectivity index is 1.49. The van der Waals surface area contributed by atoms with Crippen molar-refractivity contribution in [3.05, 3.63) is 71.4 Å². The number of hydrogen-bond acceptors (Lipinski definition) is 6. The monoisotopic (exact) mass is 395 g/mol. The van der Waals surface area contributed by atoms with E-state index in [1.54, 1.807) is 43.3 Å². The molecule has 0 saturated carbocycles. The van der Waals surface area contributed by atoms with E-state index in [9.17, 15) is 4.79 Å². The molecule has 3 aromatic rings. The number of nitrogens with zero attached hydrogens (tertiary/aromatic N) is 3. The van der Waals surface area contributed by atoms with Gasteiger partial charge in [0.15, 0.2) is 12.4 Å². The van der Waals surface area contributed by atoms with Gasteiger partial charge in [-0.15, -0.1) is 0 Å². The van der Waals surface area contributed by atoms with E-state index in [0.29, 0.717) is 36.0 Å². The van der Waals surface area contributed by atoms with Crippen LogP contribution in [0.25, 0.3) is 0 Å². The molecule has 2 aromatic carbocycles. The lowest BCUT2D eigenvalue weighted by molar-refractivity contribution is 0.0795. The van der Waals surface area contributed by atoms with Crippen molar-refractivity contribution >= 4 is 5.91 Å². The van der Waals surface area contributed by atoms with Crippen LogP contribution in [0, 0.1) is 0 Å². The number of rotatable bonds is 9. The number of aromatic nitrogens is 2. The molecule has 1 heterocycles. The molecule has 0 atom stereocenters. The fraction of sp³-hybridized carbons (Fsp3) is 0.318. The highest BCUT2D eigenvalue weighted by Gasteiger charge is 2.14. The predicted molar refractivity (Wildman–Crippen MR) is 108 cm³/mol. The van der Waals surface area contributed by atoms with Crippen LogP contribution in [0.1, 0.15) is 34.6 Å². The Hall–Kier alpha value is -3.35. The summed E-state index contributed by atoms with van der Waals surface area (Å²) >= 11 is 0. The highest BCUT2D eigenvalue weighted by molar-refractivity contribution is 5.94. The second-order valence-electron chi connectivity index (χ2n) is 6.60. The standard InChI is InChI=1S/C22H25N3O4/c1-4-16-8-10-18(11-9-16)28-15-21-23-20(24-29-21)12-13-25(2)22(26)17-6-5-7-19(14-17)27-3/h5-11,14H,4,12-13,15H2,1-3H3. The van der Waals surface area contributed by atoms with Crippen LogP contribution in [0.15, 0.2) is 53.1 Å². The number of likely N-dealkylation sites (N-methyl/N-ethyl adjacent to an activating group) is 1. The molecule has 0 fully saturated rings. The van der Waals surface area contributed by atoms with Crippen LogP contribution in [-0.2, 0) is 19.4 Å². The van der Waals surface area contributed by atoms with Gasteiger partial charge < -0.3 is 18.9 Å². The molecular weight excluding hydrogens is 370 g/mol. The smallest absolute Gasteiger partial charge is 0.264 e. The zero-order valence-corrected chi connectivity index (χ0v) is 16.9. The molecule has 3 rings (SSSR count). The summed E-state index contributed by atoms with van der Waals surface area (Å²) < 4.78 is 16.1. The Morgan fingerprint density at radius 3 is 2.66 bits per heavy atom. The highest BCUT2D eigenvalue weighted by Crippen LogP contribution is 2.15. The Kier molecular flexibility index (Phi) is 6.84. The van der Waals surface area contributed by atoms with Crippen molar-refractivity contribution in [3.63, 3.8) is 0 Å². The number of amides is 1. The van der Waals surface area contributed by atoms with Crippen LogP contribution in [0.3, 0.4) is 0 Å². The predicted octanol–water partition coefficient (Wildman–Crippen LogP) is 3.53. The number of benzene rings is 2. The maximum atomic E-state index is 12.5. The molecule has 152 valence electrons. The fourth-order valence-corrected chi connectivity index (χ4v) is 2.76. The zero-order valence-electron chi connectivity index (χ0n) is 16.9. The second-order valence-corrected chi connectivity index (χ2v) is 6.60. The van der Waals surface area contributed by atoms with Gasteiger partial charge in [-0.3, -0.25) is 4.79 Å². The maximum absolute atomic E-state index is 12.5. The molecule has 0 N–H and O–H groups in total. The minimum Gasteiger partial charge on any atom is -0.497 e. The van der Waals surface area contributed by atoms with Gasteiger partial charge in [0.05, 0.1) is 7.11 Å². The molecule has 0 aliphatic rings. The fourth-order valence-electron chi connectivity index (χ4n) is 2.76. The number of hydrogen-bond donors (Lipinski definition) is 0. The minimum atomic E-state index is -0.0912. The largest absolute Gasteiger partial charge is 0.497 e. The van der Waals surface area contributed by atoms with Crippen LogP contribution in [0.2, 0.25) is 0 Å². The van der Waals surface area contributed by atoms with Crippen LogP contribution < -0.4 is 9.47 Å². The molecular formula is C22H25N3O4. The van der Waals surface area contributed by atoms with E-state index in [0.717, 1.165) is 12.2 Å². The summed E-state index contributed by atoms with van der Waals surface area (Å²) in [4.78, 5) is 18.5. The van der Waals surface area contributed by atoms with Gasteiger partial charge in [-0.2, -0.15) is 4.98 Å². The second kappa shape index (κ2) is 9.73. The number of aryl methyl sites for hydroxylation is 1. The molecule has 7 heteroatoms. The first-order valence-electron chi connectivity index (χ1n) is 9.51. The number of carbonyl (C=O) groups is 1. The van der Waals surface area contributed by atoms with Crippen molar-refractivity contribution in [2.75, 3.05) is 20.7 Å². The third-order valence-electron chi connectivity index (χ3n) is 4.54. The lowest BCUT2D eigenvalue weighted by Gasteiger charge is -2.16.